The molecule has 1 atom stereocenters. The molecule has 0 aliphatic rings. The Morgan fingerprint density at radius 1 is 1.44 bits per heavy atom. The molecule has 1 aromatic heterocycles. The zero-order chi connectivity index (χ0) is 12.0. The summed E-state index contributed by atoms with van der Waals surface area (Å²) in [7, 11) is 1.95. The highest BCUT2D eigenvalue weighted by Gasteiger charge is 2.17. The number of hydrogen-bond donors (Lipinski definition) is 1. The summed E-state index contributed by atoms with van der Waals surface area (Å²) >= 11 is 1.47. The summed E-state index contributed by atoms with van der Waals surface area (Å²) in [6, 6.07) is 0.212. The molecule has 0 aliphatic heterocycles. The molecular formula is C11H21N3OS. The molecule has 0 saturated carbocycles. The topological polar surface area (TPSA) is 47.0 Å². The zero-order valence-electron chi connectivity index (χ0n) is 10.5. The van der Waals surface area contributed by atoms with Gasteiger partial charge >= 0.3 is 0 Å². The minimum Gasteiger partial charge on any atom is -0.377 e. The number of nitrogens with zero attached hydrogens (tertiary/aromatic N) is 2. The van der Waals surface area contributed by atoms with Crippen molar-refractivity contribution in [3.8, 4) is 0 Å². The van der Waals surface area contributed by atoms with E-state index in [1.165, 1.54) is 16.4 Å². The average molecular weight is 243 g/mol. The second-order valence-corrected chi connectivity index (χ2v) is 4.84. The molecule has 92 valence electrons. The maximum absolute atomic E-state index is 5.64. The van der Waals surface area contributed by atoms with Crippen molar-refractivity contribution in [3.05, 3.63) is 10.6 Å². The van der Waals surface area contributed by atoms with Crippen LogP contribution in [0.1, 0.15) is 43.8 Å². The van der Waals surface area contributed by atoms with Crippen molar-refractivity contribution in [2.45, 2.75) is 45.8 Å². The van der Waals surface area contributed by atoms with Crippen LogP contribution in [0.2, 0.25) is 0 Å². The van der Waals surface area contributed by atoms with Gasteiger partial charge in [0.15, 0.2) is 0 Å². The molecule has 5 heteroatoms. The highest BCUT2D eigenvalue weighted by Crippen LogP contribution is 2.21. The minimum atomic E-state index is 0.212. The number of likely N-dealkylation sites (N-methyl/N-ethyl adjacent to an activating group) is 1. The van der Waals surface area contributed by atoms with Crippen molar-refractivity contribution >= 4 is 11.5 Å². The van der Waals surface area contributed by atoms with Crippen LogP contribution in [-0.2, 0) is 11.2 Å². The van der Waals surface area contributed by atoms with Gasteiger partial charge in [-0.2, -0.15) is 0 Å². The highest BCUT2D eigenvalue weighted by atomic mass is 32.1. The first kappa shape index (κ1) is 13.5. The van der Waals surface area contributed by atoms with Gasteiger partial charge in [-0.05, 0) is 38.8 Å². The Labute approximate surface area is 102 Å². The first-order chi connectivity index (χ1) is 7.69. The van der Waals surface area contributed by atoms with Gasteiger partial charge < -0.3 is 10.1 Å². The summed E-state index contributed by atoms with van der Waals surface area (Å²) in [5.41, 5.74) is 1.11. The van der Waals surface area contributed by atoms with Crippen LogP contribution in [0.25, 0.3) is 0 Å². The summed E-state index contributed by atoms with van der Waals surface area (Å²) in [6.45, 7) is 6.92. The maximum Gasteiger partial charge on any atom is 0.0804 e. The Morgan fingerprint density at radius 2 is 2.19 bits per heavy atom. The summed E-state index contributed by atoms with van der Waals surface area (Å²) in [5.74, 6) is 0. The molecule has 0 radical (unpaired) electrons. The van der Waals surface area contributed by atoms with Crippen LogP contribution in [0.15, 0.2) is 0 Å². The smallest absolute Gasteiger partial charge is 0.0804 e. The van der Waals surface area contributed by atoms with Crippen LogP contribution < -0.4 is 5.32 Å². The second kappa shape index (κ2) is 6.93. The van der Waals surface area contributed by atoms with Gasteiger partial charge in [-0.3, -0.25) is 0 Å². The highest BCUT2D eigenvalue weighted by molar-refractivity contribution is 7.05. The van der Waals surface area contributed by atoms with E-state index in [0.29, 0.717) is 6.61 Å². The summed E-state index contributed by atoms with van der Waals surface area (Å²) in [5, 5.41) is 7.44. The van der Waals surface area contributed by atoms with Crippen LogP contribution in [-0.4, -0.2) is 29.3 Å². The molecular weight excluding hydrogens is 222 g/mol. The predicted molar refractivity (Wildman–Crippen MR) is 66.8 cm³/mol. The minimum absolute atomic E-state index is 0.212. The van der Waals surface area contributed by atoms with Crippen molar-refractivity contribution < 1.29 is 4.74 Å². The molecule has 0 aromatic carbocycles. The molecule has 1 unspecified atom stereocenters. The fraction of sp³-hybridized carbons (Fsp3) is 0.818. The van der Waals surface area contributed by atoms with Crippen LogP contribution in [0.5, 0.6) is 0 Å². The van der Waals surface area contributed by atoms with Gasteiger partial charge in [0.1, 0.15) is 0 Å². The van der Waals surface area contributed by atoms with E-state index in [-0.39, 0.29) is 12.1 Å². The SMILES string of the molecule is CCCc1nnsc1C(COC(C)C)NC. The van der Waals surface area contributed by atoms with Crippen molar-refractivity contribution in [3.63, 3.8) is 0 Å². The van der Waals surface area contributed by atoms with Gasteiger partial charge in [-0.15, -0.1) is 5.10 Å². The molecule has 0 aliphatic carbocycles. The van der Waals surface area contributed by atoms with Gasteiger partial charge in [-0.1, -0.05) is 17.8 Å². The Bertz CT molecular complexity index is 301. The molecule has 16 heavy (non-hydrogen) atoms. The van der Waals surface area contributed by atoms with E-state index >= 15 is 0 Å². The molecule has 0 saturated heterocycles. The summed E-state index contributed by atoms with van der Waals surface area (Å²) in [4.78, 5) is 1.21. The van der Waals surface area contributed by atoms with E-state index in [2.05, 4.69) is 21.8 Å². The monoisotopic (exact) mass is 243 g/mol. The second-order valence-electron chi connectivity index (χ2n) is 4.06. The molecule has 1 aromatic rings. The molecule has 0 bridgehead atoms. The van der Waals surface area contributed by atoms with Crippen molar-refractivity contribution in [2.24, 2.45) is 0 Å². The van der Waals surface area contributed by atoms with Crippen molar-refractivity contribution in [2.75, 3.05) is 13.7 Å². The fourth-order valence-corrected chi connectivity index (χ4v) is 2.26. The van der Waals surface area contributed by atoms with Gasteiger partial charge in [-0.25, -0.2) is 0 Å². The van der Waals surface area contributed by atoms with Gasteiger partial charge in [0.2, 0.25) is 0 Å². The van der Waals surface area contributed by atoms with Crippen LogP contribution in [0.3, 0.4) is 0 Å². The number of hydrogen-bond acceptors (Lipinski definition) is 5. The van der Waals surface area contributed by atoms with Crippen molar-refractivity contribution in [1.29, 1.82) is 0 Å². The lowest BCUT2D eigenvalue weighted by atomic mass is 10.1. The Morgan fingerprint density at radius 3 is 2.75 bits per heavy atom. The Hall–Kier alpha value is -0.520. The Kier molecular flexibility index (Phi) is 5.87. The van der Waals surface area contributed by atoms with Crippen LogP contribution in [0.4, 0.5) is 0 Å². The van der Waals surface area contributed by atoms with E-state index in [0.717, 1.165) is 18.5 Å². The Balaban J connectivity index is 2.66. The maximum atomic E-state index is 5.64. The molecule has 1 rings (SSSR count). The quantitative estimate of drug-likeness (QED) is 0.797. The molecule has 4 nitrogen and oxygen atoms in total. The zero-order valence-corrected chi connectivity index (χ0v) is 11.3. The normalized spacial score (nSPS) is 13.3. The molecule has 0 spiro atoms. The fourth-order valence-electron chi connectivity index (χ4n) is 1.47. The standard InChI is InChI=1S/C11H21N3OS/c1-5-6-9-11(16-14-13-9)10(12-4)7-15-8(2)3/h8,10,12H,5-7H2,1-4H3. The number of rotatable bonds is 7. The van der Waals surface area contributed by atoms with E-state index in [4.69, 9.17) is 4.74 Å². The summed E-state index contributed by atoms with van der Waals surface area (Å²) < 4.78 is 9.67. The lowest BCUT2D eigenvalue weighted by Crippen LogP contribution is -2.23. The molecule has 1 N–H and O–H groups in total. The molecule has 0 fully saturated rings. The average Bonchev–Trinajstić information content (AvgIpc) is 2.68. The predicted octanol–water partition coefficient (Wildman–Crippen LogP) is 2.18. The van der Waals surface area contributed by atoms with Crippen molar-refractivity contribution in [1.82, 2.24) is 14.9 Å². The third-order valence-electron chi connectivity index (χ3n) is 2.33. The number of aryl methyl sites for hydroxylation is 1. The number of nitrogens with one attached hydrogen (secondary N) is 1. The first-order valence-electron chi connectivity index (χ1n) is 5.79. The van der Waals surface area contributed by atoms with E-state index in [1.807, 2.05) is 20.9 Å². The van der Waals surface area contributed by atoms with Gasteiger partial charge in [0, 0.05) is 0 Å². The number of aromatic nitrogens is 2. The summed E-state index contributed by atoms with van der Waals surface area (Å²) in [6.07, 6.45) is 2.34. The lowest BCUT2D eigenvalue weighted by Gasteiger charge is -2.17. The first-order valence-corrected chi connectivity index (χ1v) is 6.56. The van der Waals surface area contributed by atoms with E-state index < -0.39 is 0 Å². The van der Waals surface area contributed by atoms with E-state index in [1.54, 1.807) is 0 Å². The third-order valence-corrected chi connectivity index (χ3v) is 3.21. The van der Waals surface area contributed by atoms with Crippen LogP contribution in [0, 0.1) is 0 Å². The number of ether oxygens (including phenoxy) is 1. The largest absolute Gasteiger partial charge is 0.377 e. The van der Waals surface area contributed by atoms with Gasteiger partial charge in [0.25, 0.3) is 0 Å². The van der Waals surface area contributed by atoms with Crippen LogP contribution >= 0.6 is 11.5 Å². The third kappa shape index (κ3) is 3.81. The van der Waals surface area contributed by atoms with E-state index in [9.17, 15) is 0 Å². The van der Waals surface area contributed by atoms with Gasteiger partial charge in [0.05, 0.1) is 29.3 Å². The lowest BCUT2D eigenvalue weighted by molar-refractivity contribution is 0.0630. The molecule has 0 amide bonds. The molecule has 1 heterocycles.